The average Bonchev–Trinajstić information content (AvgIpc) is 2.48. The Morgan fingerprint density at radius 2 is 2.10 bits per heavy atom. The Labute approximate surface area is 126 Å². The van der Waals surface area contributed by atoms with Gasteiger partial charge in [0.25, 0.3) is 0 Å². The van der Waals surface area contributed by atoms with Gasteiger partial charge in [0.05, 0.1) is 13.7 Å². The first kappa shape index (κ1) is 17.3. The number of hydrogen-bond donors (Lipinski definition) is 2. The van der Waals surface area contributed by atoms with Gasteiger partial charge < -0.3 is 20.1 Å². The molecule has 5 heteroatoms. The van der Waals surface area contributed by atoms with E-state index in [-0.39, 0.29) is 12.6 Å². The van der Waals surface area contributed by atoms with Crippen LogP contribution < -0.4 is 10.1 Å². The fourth-order valence-electron chi connectivity index (χ4n) is 2.05. The van der Waals surface area contributed by atoms with Crippen molar-refractivity contribution in [2.75, 3.05) is 32.1 Å². The van der Waals surface area contributed by atoms with Crippen LogP contribution in [-0.2, 0) is 0 Å². The number of nitrogens with one attached hydrogen (secondary N) is 1. The van der Waals surface area contributed by atoms with Gasteiger partial charge in [-0.1, -0.05) is 25.8 Å². The highest BCUT2D eigenvalue weighted by Gasteiger charge is 2.14. The summed E-state index contributed by atoms with van der Waals surface area (Å²) in [5.74, 6) is 0.704. The molecule has 0 fully saturated rings. The lowest BCUT2D eigenvalue weighted by Crippen LogP contribution is -2.37. The van der Waals surface area contributed by atoms with Gasteiger partial charge in [0.15, 0.2) is 0 Å². The van der Waals surface area contributed by atoms with Gasteiger partial charge in [-0.05, 0) is 25.0 Å². The summed E-state index contributed by atoms with van der Waals surface area (Å²) in [6, 6.07) is 5.38. The first-order valence-corrected chi connectivity index (χ1v) is 7.43. The molecule has 0 aliphatic carbocycles. The maximum atomic E-state index is 12.3. The number of aryl methyl sites for hydroxylation is 1. The van der Waals surface area contributed by atoms with Crippen molar-refractivity contribution < 1.29 is 14.6 Å². The van der Waals surface area contributed by atoms with Gasteiger partial charge in [0, 0.05) is 24.8 Å². The fraction of sp³-hybridized carbons (Fsp3) is 0.562. The number of aliphatic hydroxyl groups is 1. The van der Waals surface area contributed by atoms with Crippen molar-refractivity contribution in [3.8, 4) is 5.75 Å². The molecule has 0 aromatic heterocycles. The Hall–Kier alpha value is -1.75. The molecule has 0 saturated heterocycles. The fourth-order valence-corrected chi connectivity index (χ4v) is 2.05. The van der Waals surface area contributed by atoms with Crippen LogP contribution in [0.4, 0.5) is 10.5 Å². The molecule has 2 amide bonds. The standard InChI is InChI=1S/C16H26N2O3/c1-4-5-6-9-18(10-11-19)16(20)17-15-12-14(21-3)8-7-13(15)2/h7-8,12,19H,4-6,9-11H2,1-3H3,(H,17,20). The number of anilines is 1. The van der Waals surface area contributed by atoms with Gasteiger partial charge in [-0.3, -0.25) is 0 Å². The van der Waals surface area contributed by atoms with Gasteiger partial charge in [-0.2, -0.15) is 0 Å². The van der Waals surface area contributed by atoms with Crippen LogP contribution in [0.1, 0.15) is 31.7 Å². The molecule has 2 N–H and O–H groups in total. The van der Waals surface area contributed by atoms with E-state index in [0.717, 1.165) is 30.5 Å². The molecule has 0 heterocycles. The van der Waals surface area contributed by atoms with E-state index in [1.807, 2.05) is 19.1 Å². The molecule has 5 nitrogen and oxygen atoms in total. The Balaban J connectivity index is 2.71. The number of carbonyl (C=O) groups is 1. The molecule has 0 saturated carbocycles. The second kappa shape index (κ2) is 9.23. The minimum absolute atomic E-state index is 0.0311. The average molecular weight is 294 g/mol. The summed E-state index contributed by atoms with van der Waals surface area (Å²) in [6.07, 6.45) is 3.12. The highest BCUT2D eigenvalue weighted by atomic mass is 16.5. The second-order valence-corrected chi connectivity index (χ2v) is 5.03. The molecule has 0 bridgehead atoms. The van der Waals surface area contributed by atoms with Crippen molar-refractivity contribution in [1.82, 2.24) is 4.90 Å². The van der Waals surface area contributed by atoms with Crippen LogP contribution in [0.15, 0.2) is 18.2 Å². The van der Waals surface area contributed by atoms with Gasteiger partial charge in [-0.15, -0.1) is 0 Å². The Morgan fingerprint density at radius 3 is 2.71 bits per heavy atom. The lowest BCUT2D eigenvalue weighted by Gasteiger charge is -2.23. The second-order valence-electron chi connectivity index (χ2n) is 5.03. The molecule has 1 aromatic rings. The summed E-state index contributed by atoms with van der Waals surface area (Å²) in [7, 11) is 1.60. The van der Waals surface area contributed by atoms with Crippen molar-refractivity contribution in [1.29, 1.82) is 0 Å². The van der Waals surface area contributed by atoms with E-state index in [1.165, 1.54) is 0 Å². The van der Waals surface area contributed by atoms with Gasteiger partial charge in [-0.25, -0.2) is 4.79 Å². The third-order valence-corrected chi connectivity index (χ3v) is 3.38. The van der Waals surface area contributed by atoms with E-state index in [2.05, 4.69) is 12.2 Å². The third-order valence-electron chi connectivity index (χ3n) is 3.38. The summed E-state index contributed by atoms with van der Waals surface area (Å²) >= 11 is 0. The van der Waals surface area contributed by atoms with Crippen LogP contribution >= 0.6 is 0 Å². The number of unbranched alkanes of at least 4 members (excludes halogenated alkanes) is 2. The molecule has 0 atom stereocenters. The quantitative estimate of drug-likeness (QED) is 0.724. The highest BCUT2D eigenvalue weighted by Crippen LogP contribution is 2.22. The maximum absolute atomic E-state index is 12.3. The van der Waals surface area contributed by atoms with Gasteiger partial charge in [0.2, 0.25) is 0 Å². The Morgan fingerprint density at radius 1 is 1.33 bits per heavy atom. The monoisotopic (exact) mass is 294 g/mol. The van der Waals surface area contributed by atoms with E-state index < -0.39 is 0 Å². The van der Waals surface area contributed by atoms with E-state index in [4.69, 9.17) is 9.84 Å². The lowest BCUT2D eigenvalue weighted by atomic mass is 10.2. The molecule has 0 radical (unpaired) electrons. The van der Waals surface area contributed by atoms with E-state index >= 15 is 0 Å². The minimum Gasteiger partial charge on any atom is -0.497 e. The number of nitrogens with zero attached hydrogens (tertiary/aromatic N) is 1. The zero-order chi connectivity index (χ0) is 15.7. The zero-order valence-electron chi connectivity index (χ0n) is 13.2. The summed E-state index contributed by atoms with van der Waals surface area (Å²) in [5, 5.41) is 12.0. The number of urea groups is 1. The van der Waals surface area contributed by atoms with Crippen LogP contribution in [-0.4, -0.2) is 42.8 Å². The van der Waals surface area contributed by atoms with Crippen LogP contribution in [0.5, 0.6) is 5.75 Å². The van der Waals surface area contributed by atoms with Crippen LogP contribution in [0.25, 0.3) is 0 Å². The van der Waals surface area contributed by atoms with E-state index in [0.29, 0.717) is 18.8 Å². The zero-order valence-corrected chi connectivity index (χ0v) is 13.2. The number of aliphatic hydroxyl groups excluding tert-OH is 1. The molecule has 0 aliphatic heterocycles. The van der Waals surface area contributed by atoms with Crippen molar-refractivity contribution >= 4 is 11.7 Å². The third kappa shape index (κ3) is 5.63. The Bertz CT molecular complexity index is 449. The molecular formula is C16H26N2O3. The number of rotatable bonds is 8. The molecule has 1 aromatic carbocycles. The van der Waals surface area contributed by atoms with Crippen molar-refractivity contribution in [3.05, 3.63) is 23.8 Å². The molecule has 0 spiro atoms. The first-order chi connectivity index (χ1) is 10.1. The van der Waals surface area contributed by atoms with E-state index in [9.17, 15) is 4.79 Å². The predicted molar refractivity (Wildman–Crippen MR) is 84.9 cm³/mol. The van der Waals surface area contributed by atoms with Crippen molar-refractivity contribution in [3.63, 3.8) is 0 Å². The number of benzene rings is 1. The number of carbonyl (C=O) groups excluding carboxylic acids is 1. The topological polar surface area (TPSA) is 61.8 Å². The van der Waals surface area contributed by atoms with Crippen LogP contribution in [0.2, 0.25) is 0 Å². The number of amides is 2. The van der Waals surface area contributed by atoms with Gasteiger partial charge in [0.1, 0.15) is 5.75 Å². The Kier molecular flexibility index (Phi) is 7.61. The molecule has 21 heavy (non-hydrogen) atoms. The maximum Gasteiger partial charge on any atom is 0.321 e. The summed E-state index contributed by atoms with van der Waals surface area (Å²) in [5.41, 5.74) is 1.71. The van der Waals surface area contributed by atoms with Crippen LogP contribution in [0, 0.1) is 6.92 Å². The molecule has 0 unspecified atom stereocenters. The molecule has 118 valence electrons. The summed E-state index contributed by atoms with van der Waals surface area (Å²) in [6.45, 7) is 5.02. The number of methoxy groups -OCH3 is 1. The van der Waals surface area contributed by atoms with Crippen molar-refractivity contribution in [2.24, 2.45) is 0 Å². The highest BCUT2D eigenvalue weighted by molar-refractivity contribution is 5.90. The lowest BCUT2D eigenvalue weighted by molar-refractivity contribution is 0.187. The SMILES string of the molecule is CCCCCN(CCO)C(=O)Nc1cc(OC)ccc1C. The number of ether oxygens (including phenoxy) is 1. The predicted octanol–water partition coefficient (Wildman–Crippen LogP) is 3.02. The minimum atomic E-state index is -0.184. The largest absolute Gasteiger partial charge is 0.497 e. The molecular weight excluding hydrogens is 268 g/mol. The number of hydrogen-bond acceptors (Lipinski definition) is 3. The molecule has 1 rings (SSSR count). The summed E-state index contributed by atoms with van der Waals surface area (Å²) < 4.78 is 5.17. The molecule has 0 aliphatic rings. The smallest absolute Gasteiger partial charge is 0.321 e. The van der Waals surface area contributed by atoms with Gasteiger partial charge >= 0.3 is 6.03 Å². The first-order valence-electron chi connectivity index (χ1n) is 7.43. The van der Waals surface area contributed by atoms with Crippen LogP contribution in [0.3, 0.4) is 0 Å². The van der Waals surface area contributed by atoms with E-state index in [1.54, 1.807) is 18.1 Å². The van der Waals surface area contributed by atoms with Crippen molar-refractivity contribution in [2.45, 2.75) is 33.1 Å². The summed E-state index contributed by atoms with van der Waals surface area (Å²) in [4.78, 5) is 14.0. The normalized spacial score (nSPS) is 10.3.